The molecule has 5 nitrogen and oxygen atoms in total. The van der Waals surface area contributed by atoms with Crippen molar-refractivity contribution in [2.45, 2.75) is 0 Å². The van der Waals surface area contributed by atoms with Crippen molar-refractivity contribution in [2.75, 3.05) is 17.7 Å². The third kappa shape index (κ3) is 3.63. The molecule has 0 bridgehead atoms. The van der Waals surface area contributed by atoms with Gasteiger partial charge in [0.15, 0.2) is 0 Å². The van der Waals surface area contributed by atoms with Crippen molar-refractivity contribution in [3.05, 3.63) is 51.6 Å². The third-order valence-electron chi connectivity index (χ3n) is 2.66. The van der Waals surface area contributed by atoms with Gasteiger partial charge < -0.3 is 10.6 Å². The van der Waals surface area contributed by atoms with Crippen molar-refractivity contribution in [1.82, 2.24) is 4.98 Å². The fraction of sp³-hybridized carbons (Fsp3) is 0.0714. The summed E-state index contributed by atoms with van der Waals surface area (Å²) in [7, 11) is 1.67. The predicted octanol–water partition coefficient (Wildman–Crippen LogP) is 3.55. The van der Waals surface area contributed by atoms with Gasteiger partial charge in [0.05, 0.1) is 22.3 Å². The number of aromatic nitrogens is 1. The van der Waals surface area contributed by atoms with E-state index >= 15 is 0 Å². The molecule has 0 radical (unpaired) electrons. The maximum absolute atomic E-state index is 12.2. The van der Waals surface area contributed by atoms with E-state index in [0.29, 0.717) is 27.7 Å². The molecule has 1 aromatic heterocycles. The molecule has 0 unspecified atom stereocenters. The molecule has 106 valence electrons. The monoisotopic (exact) mass is 320 g/mol. The number of halogens is 2. The zero-order chi connectivity index (χ0) is 15.4. The molecule has 1 amide bonds. The van der Waals surface area contributed by atoms with Crippen LogP contribution in [0.5, 0.6) is 0 Å². The first-order chi connectivity index (χ1) is 10.0. The highest BCUT2D eigenvalue weighted by atomic mass is 35.5. The van der Waals surface area contributed by atoms with Crippen LogP contribution in [-0.2, 0) is 0 Å². The first-order valence-electron chi connectivity index (χ1n) is 5.90. The van der Waals surface area contributed by atoms with Gasteiger partial charge in [-0.1, -0.05) is 23.2 Å². The molecule has 2 aromatic rings. The number of carbonyl (C=O) groups is 1. The molecule has 0 saturated heterocycles. The Morgan fingerprint density at radius 3 is 2.71 bits per heavy atom. The Labute approximate surface area is 131 Å². The lowest BCUT2D eigenvalue weighted by Gasteiger charge is -2.09. The smallest absolute Gasteiger partial charge is 0.255 e. The van der Waals surface area contributed by atoms with Crippen LogP contribution in [0, 0.1) is 11.3 Å². The number of nitriles is 1. The molecule has 2 N–H and O–H groups in total. The van der Waals surface area contributed by atoms with E-state index in [4.69, 9.17) is 28.5 Å². The van der Waals surface area contributed by atoms with Crippen molar-refractivity contribution in [3.8, 4) is 6.07 Å². The van der Waals surface area contributed by atoms with Gasteiger partial charge in [-0.25, -0.2) is 4.98 Å². The van der Waals surface area contributed by atoms with Crippen molar-refractivity contribution in [3.63, 3.8) is 0 Å². The molecule has 7 heteroatoms. The number of pyridine rings is 1. The van der Waals surface area contributed by atoms with Crippen LogP contribution < -0.4 is 10.6 Å². The average molecular weight is 321 g/mol. The summed E-state index contributed by atoms with van der Waals surface area (Å²) >= 11 is 11.9. The summed E-state index contributed by atoms with van der Waals surface area (Å²) in [4.78, 5) is 16.2. The van der Waals surface area contributed by atoms with Gasteiger partial charge in [0.1, 0.15) is 11.0 Å². The predicted molar refractivity (Wildman–Crippen MR) is 82.9 cm³/mol. The second kappa shape index (κ2) is 6.44. The van der Waals surface area contributed by atoms with Gasteiger partial charge in [0.2, 0.25) is 0 Å². The Morgan fingerprint density at radius 1 is 1.29 bits per heavy atom. The minimum Gasteiger partial charge on any atom is -0.373 e. The number of nitrogens with one attached hydrogen (secondary N) is 2. The van der Waals surface area contributed by atoms with E-state index in [1.54, 1.807) is 25.2 Å². The second-order valence-corrected chi connectivity index (χ2v) is 4.87. The van der Waals surface area contributed by atoms with Crippen LogP contribution in [0.4, 0.5) is 11.5 Å². The fourth-order valence-corrected chi connectivity index (χ4v) is 2.01. The summed E-state index contributed by atoms with van der Waals surface area (Å²) in [5, 5.41) is 14.9. The van der Waals surface area contributed by atoms with Crippen LogP contribution in [0.2, 0.25) is 10.2 Å². The normalized spacial score (nSPS) is 9.81. The quantitative estimate of drug-likeness (QED) is 0.848. The Balaban J connectivity index is 2.30. The van der Waals surface area contributed by atoms with Crippen LogP contribution >= 0.6 is 23.2 Å². The SMILES string of the molecule is CNc1cc(C(=O)Nc2cc(C#N)ccc2Cl)cc(Cl)n1. The zero-order valence-electron chi connectivity index (χ0n) is 10.9. The topological polar surface area (TPSA) is 77.8 Å². The lowest BCUT2D eigenvalue weighted by Crippen LogP contribution is -2.13. The molecule has 0 aliphatic heterocycles. The van der Waals surface area contributed by atoms with Gasteiger partial charge in [-0.15, -0.1) is 0 Å². The van der Waals surface area contributed by atoms with Crippen molar-refractivity contribution >= 4 is 40.6 Å². The van der Waals surface area contributed by atoms with E-state index in [1.807, 2.05) is 6.07 Å². The lowest BCUT2D eigenvalue weighted by molar-refractivity contribution is 0.102. The van der Waals surface area contributed by atoms with E-state index in [2.05, 4.69) is 15.6 Å². The summed E-state index contributed by atoms with van der Waals surface area (Å²) in [5.74, 6) is 0.0808. The van der Waals surface area contributed by atoms with Gasteiger partial charge in [0.25, 0.3) is 5.91 Å². The van der Waals surface area contributed by atoms with Crippen LogP contribution in [-0.4, -0.2) is 17.9 Å². The third-order valence-corrected chi connectivity index (χ3v) is 3.18. The number of anilines is 2. The summed E-state index contributed by atoms with van der Waals surface area (Å²) in [6.45, 7) is 0. The molecule has 0 aliphatic rings. The molecule has 0 atom stereocenters. The zero-order valence-corrected chi connectivity index (χ0v) is 12.5. The molecule has 0 saturated carbocycles. The van der Waals surface area contributed by atoms with E-state index in [1.165, 1.54) is 12.1 Å². The molecule has 2 rings (SSSR count). The maximum atomic E-state index is 12.2. The number of rotatable bonds is 3. The van der Waals surface area contributed by atoms with Gasteiger partial charge in [-0.2, -0.15) is 5.26 Å². The van der Waals surface area contributed by atoms with Crippen LogP contribution in [0.1, 0.15) is 15.9 Å². The van der Waals surface area contributed by atoms with Crippen molar-refractivity contribution in [2.24, 2.45) is 0 Å². The minimum absolute atomic E-state index is 0.198. The molecule has 1 aromatic carbocycles. The lowest BCUT2D eigenvalue weighted by atomic mass is 10.2. The van der Waals surface area contributed by atoms with E-state index in [9.17, 15) is 4.79 Å². The van der Waals surface area contributed by atoms with Gasteiger partial charge in [-0.05, 0) is 30.3 Å². The Morgan fingerprint density at radius 2 is 2.05 bits per heavy atom. The van der Waals surface area contributed by atoms with E-state index in [0.717, 1.165) is 0 Å². The summed E-state index contributed by atoms with van der Waals surface area (Å²) < 4.78 is 0. The first kappa shape index (κ1) is 15.1. The largest absolute Gasteiger partial charge is 0.373 e. The summed E-state index contributed by atoms with van der Waals surface area (Å²) in [5.41, 5.74) is 1.09. The highest BCUT2D eigenvalue weighted by Gasteiger charge is 2.11. The highest BCUT2D eigenvalue weighted by molar-refractivity contribution is 6.34. The Kier molecular flexibility index (Phi) is 4.63. The highest BCUT2D eigenvalue weighted by Crippen LogP contribution is 2.24. The van der Waals surface area contributed by atoms with E-state index in [-0.39, 0.29) is 5.15 Å². The minimum atomic E-state index is -0.396. The van der Waals surface area contributed by atoms with E-state index < -0.39 is 5.91 Å². The number of hydrogen-bond acceptors (Lipinski definition) is 4. The van der Waals surface area contributed by atoms with Gasteiger partial charge >= 0.3 is 0 Å². The number of nitrogens with zero attached hydrogens (tertiary/aromatic N) is 2. The number of carbonyl (C=O) groups excluding carboxylic acids is 1. The molecular formula is C14H10Cl2N4O. The van der Waals surface area contributed by atoms with Crippen LogP contribution in [0.15, 0.2) is 30.3 Å². The molecule has 21 heavy (non-hydrogen) atoms. The van der Waals surface area contributed by atoms with Gasteiger partial charge in [-0.3, -0.25) is 4.79 Å². The average Bonchev–Trinajstić information content (AvgIpc) is 2.48. The molecular weight excluding hydrogens is 311 g/mol. The molecule has 1 heterocycles. The second-order valence-electron chi connectivity index (χ2n) is 4.07. The van der Waals surface area contributed by atoms with Crippen LogP contribution in [0.25, 0.3) is 0 Å². The van der Waals surface area contributed by atoms with Crippen molar-refractivity contribution < 1.29 is 4.79 Å². The summed E-state index contributed by atoms with van der Waals surface area (Å²) in [6.07, 6.45) is 0. The maximum Gasteiger partial charge on any atom is 0.255 e. The molecule has 0 spiro atoms. The first-order valence-corrected chi connectivity index (χ1v) is 6.65. The molecule has 0 fully saturated rings. The van der Waals surface area contributed by atoms with Crippen LogP contribution in [0.3, 0.4) is 0 Å². The number of amides is 1. The molecule has 0 aliphatic carbocycles. The fourth-order valence-electron chi connectivity index (χ4n) is 1.64. The number of benzene rings is 1. The van der Waals surface area contributed by atoms with Gasteiger partial charge in [0, 0.05) is 12.6 Å². The summed E-state index contributed by atoms with van der Waals surface area (Å²) in [6, 6.07) is 9.61. The van der Waals surface area contributed by atoms with Crippen molar-refractivity contribution in [1.29, 1.82) is 5.26 Å². The number of hydrogen-bond donors (Lipinski definition) is 2. The Hall–Kier alpha value is -2.29. The standard InChI is InChI=1S/C14H10Cl2N4O/c1-18-13-6-9(5-12(16)20-13)14(21)19-11-4-8(7-17)2-3-10(11)15/h2-6H,1H3,(H,18,20)(H,19,21). The Bertz CT molecular complexity index is 740.